The number of imide groups is 2. The number of allylic oxidation sites excluding steroid dienone is 1. The van der Waals surface area contributed by atoms with Crippen LogP contribution in [0.15, 0.2) is 54.6 Å². The molecule has 0 spiro atoms. The fourth-order valence-corrected chi connectivity index (χ4v) is 4.56. The summed E-state index contributed by atoms with van der Waals surface area (Å²) >= 11 is 0. The Labute approximate surface area is 205 Å². The second-order valence-corrected chi connectivity index (χ2v) is 8.91. The molecular weight excluding hydrogens is 444 g/mol. The minimum atomic E-state index is -0.696. The highest BCUT2D eigenvalue weighted by atomic mass is 16.5. The number of rotatable bonds is 8. The summed E-state index contributed by atoms with van der Waals surface area (Å²) in [6, 6.07) is 10.8. The largest absolute Gasteiger partial charge is 0.493 e. The van der Waals surface area contributed by atoms with Crippen LogP contribution in [0.25, 0.3) is 6.08 Å². The van der Waals surface area contributed by atoms with Crippen molar-refractivity contribution < 1.29 is 23.9 Å². The third-order valence-corrected chi connectivity index (χ3v) is 6.38. The monoisotopic (exact) mass is 474 g/mol. The molecule has 0 bridgehead atoms. The average Bonchev–Trinajstić information content (AvgIpc) is 3.36. The zero-order chi connectivity index (χ0) is 24.9. The van der Waals surface area contributed by atoms with Gasteiger partial charge in [-0.3, -0.25) is 19.8 Å². The first-order chi connectivity index (χ1) is 16.9. The van der Waals surface area contributed by atoms with E-state index in [0.29, 0.717) is 30.1 Å². The molecule has 35 heavy (non-hydrogen) atoms. The number of aryl methyl sites for hydroxylation is 1. The molecule has 1 saturated carbocycles. The number of methoxy groups -OCH3 is 1. The van der Waals surface area contributed by atoms with Gasteiger partial charge in [0.15, 0.2) is 11.5 Å². The summed E-state index contributed by atoms with van der Waals surface area (Å²) < 4.78 is 11.7. The lowest BCUT2D eigenvalue weighted by molar-refractivity contribution is -0.131. The highest BCUT2D eigenvalue weighted by Crippen LogP contribution is 2.35. The highest BCUT2D eigenvalue weighted by molar-refractivity contribution is 6.31. The molecule has 4 amide bonds. The minimum absolute atomic E-state index is 0.0728. The zero-order valence-corrected chi connectivity index (χ0v) is 20.1. The van der Waals surface area contributed by atoms with Crippen molar-refractivity contribution in [1.82, 2.24) is 10.2 Å². The van der Waals surface area contributed by atoms with Gasteiger partial charge in [-0.2, -0.15) is 0 Å². The van der Waals surface area contributed by atoms with Gasteiger partial charge in [-0.25, -0.2) is 4.79 Å². The summed E-state index contributed by atoms with van der Waals surface area (Å²) in [4.78, 5) is 39.3. The number of amides is 4. The van der Waals surface area contributed by atoms with E-state index in [4.69, 9.17) is 9.47 Å². The predicted octanol–water partition coefficient (Wildman–Crippen LogP) is 4.72. The van der Waals surface area contributed by atoms with Gasteiger partial charge in [0, 0.05) is 11.6 Å². The molecule has 7 nitrogen and oxygen atoms in total. The first kappa shape index (κ1) is 24.3. The van der Waals surface area contributed by atoms with Gasteiger partial charge in [0.25, 0.3) is 11.8 Å². The second-order valence-electron chi connectivity index (χ2n) is 8.91. The number of ether oxygens (including phenoxy) is 2. The Morgan fingerprint density at radius 1 is 1.11 bits per heavy atom. The van der Waals surface area contributed by atoms with Crippen molar-refractivity contribution in [2.24, 2.45) is 0 Å². The van der Waals surface area contributed by atoms with E-state index in [9.17, 15) is 14.4 Å². The van der Waals surface area contributed by atoms with Gasteiger partial charge in [0.05, 0.1) is 7.11 Å². The Bertz CT molecular complexity index is 1180. The normalized spacial score (nSPS) is 17.6. The van der Waals surface area contributed by atoms with Crippen LogP contribution in [-0.2, 0) is 22.6 Å². The van der Waals surface area contributed by atoms with Crippen molar-refractivity contribution in [2.45, 2.75) is 51.7 Å². The maximum Gasteiger partial charge on any atom is 0.331 e. The quantitative estimate of drug-likeness (QED) is 0.340. The van der Waals surface area contributed by atoms with Gasteiger partial charge < -0.3 is 9.47 Å². The molecule has 1 N–H and O–H groups in total. The Kier molecular flexibility index (Phi) is 7.34. The number of carbonyl (C=O) groups excluding carboxylic acids is 3. The summed E-state index contributed by atoms with van der Waals surface area (Å²) in [5.41, 5.74) is 3.53. The number of hydrogen-bond acceptors (Lipinski definition) is 5. The summed E-state index contributed by atoms with van der Waals surface area (Å²) in [6.07, 6.45) is 7.19. The average molecular weight is 475 g/mol. The second kappa shape index (κ2) is 10.6. The molecule has 2 fully saturated rings. The van der Waals surface area contributed by atoms with E-state index in [1.807, 2.05) is 37.3 Å². The lowest BCUT2D eigenvalue weighted by atomic mass is 10.0. The van der Waals surface area contributed by atoms with Crippen molar-refractivity contribution in [3.8, 4) is 11.5 Å². The third-order valence-electron chi connectivity index (χ3n) is 6.38. The van der Waals surface area contributed by atoms with E-state index < -0.39 is 17.8 Å². The molecule has 2 aromatic carbocycles. The maximum absolute atomic E-state index is 13.2. The zero-order valence-electron chi connectivity index (χ0n) is 20.1. The molecule has 4 rings (SSSR count). The molecular formula is C28H30N2O5. The van der Waals surface area contributed by atoms with Crippen LogP contribution in [0.3, 0.4) is 0 Å². The third kappa shape index (κ3) is 5.29. The van der Waals surface area contributed by atoms with Gasteiger partial charge in [-0.15, -0.1) is 6.58 Å². The number of barbiturate groups is 1. The van der Waals surface area contributed by atoms with Gasteiger partial charge >= 0.3 is 6.03 Å². The number of nitrogens with zero attached hydrogens (tertiary/aromatic N) is 1. The van der Waals surface area contributed by atoms with Gasteiger partial charge in [0.1, 0.15) is 12.2 Å². The van der Waals surface area contributed by atoms with Crippen LogP contribution in [0, 0.1) is 6.92 Å². The molecule has 1 aliphatic carbocycles. The highest BCUT2D eigenvalue weighted by Gasteiger charge is 2.40. The topological polar surface area (TPSA) is 84.9 Å². The van der Waals surface area contributed by atoms with Gasteiger partial charge in [-0.05, 0) is 55.5 Å². The number of hydrogen-bond donors (Lipinski definition) is 1. The van der Waals surface area contributed by atoms with Crippen LogP contribution in [0.1, 0.15) is 47.9 Å². The van der Waals surface area contributed by atoms with E-state index in [2.05, 4.69) is 11.9 Å². The van der Waals surface area contributed by atoms with E-state index in [1.54, 1.807) is 19.3 Å². The van der Waals surface area contributed by atoms with Crippen LogP contribution in [-0.4, -0.2) is 35.9 Å². The van der Waals surface area contributed by atoms with E-state index in [0.717, 1.165) is 36.8 Å². The standard InChI is InChI=1S/C28H30N2O5/c1-4-7-21-14-20(16-24(34-3)25(21)35-17-19-12-10-18(2)11-13-19)15-23-26(31)29-28(33)30(27(23)32)22-8-5-6-9-22/h4,10-16,22H,1,5-9,17H2,2-3H3,(H,29,31,33)/b23-15+. The molecule has 1 aliphatic heterocycles. The molecule has 182 valence electrons. The minimum Gasteiger partial charge on any atom is -0.493 e. The Morgan fingerprint density at radius 2 is 1.83 bits per heavy atom. The molecule has 7 heteroatoms. The smallest absolute Gasteiger partial charge is 0.331 e. The molecule has 0 atom stereocenters. The number of carbonyl (C=O) groups is 3. The van der Waals surface area contributed by atoms with Crippen molar-refractivity contribution >= 4 is 23.9 Å². The summed E-state index contributed by atoms with van der Waals surface area (Å²) in [5.74, 6) is -0.194. The van der Waals surface area contributed by atoms with Gasteiger partial charge in [-0.1, -0.05) is 48.7 Å². The van der Waals surface area contributed by atoms with Crippen LogP contribution in [0.4, 0.5) is 4.79 Å². The Hall–Kier alpha value is -3.87. The predicted molar refractivity (Wildman–Crippen MR) is 133 cm³/mol. The van der Waals surface area contributed by atoms with E-state index >= 15 is 0 Å². The molecule has 0 unspecified atom stereocenters. The molecule has 1 heterocycles. The Morgan fingerprint density at radius 3 is 2.49 bits per heavy atom. The summed E-state index contributed by atoms with van der Waals surface area (Å²) in [5, 5.41) is 2.32. The number of urea groups is 1. The molecule has 2 aliphatic rings. The Balaban J connectivity index is 1.66. The number of nitrogens with one attached hydrogen (secondary N) is 1. The van der Waals surface area contributed by atoms with Crippen LogP contribution in [0.2, 0.25) is 0 Å². The molecule has 0 aromatic heterocycles. The van der Waals surface area contributed by atoms with Crippen molar-refractivity contribution in [1.29, 1.82) is 0 Å². The van der Waals surface area contributed by atoms with Crippen LogP contribution < -0.4 is 14.8 Å². The molecule has 0 radical (unpaired) electrons. The number of benzene rings is 2. The van der Waals surface area contributed by atoms with Gasteiger partial charge in [0.2, 0.25) is 0 Å². The van der Waals surface area contributed by atoms with Crippen LogP contribution in [0.5, 0.6) is 11.5 Å². The van der Waals surface area contributed by atoms with Crippen molar-refractivity contribution in [2.75, 3.05) is 7.11 Å². The first-order valence-electron chi connectivity index (χ1n) is 11.8. The lowest BCUT2D eigenvalue weighted by Crippen LogP contribution is -2.57. The molecule has 2 aromatic rings. The van der Waals surface area contributed by atoms with E-state index in [-0.39, 0.29) is 11.6 Å². The summed E-state index contributed by atoms with van der Waals surface area (Å²) in [6.45, 7) is 6.23. The first-order valence-corrected chi connectivity index (χ1v) is 11.8. The summed E-state index contributed by atoms with van der Waals surface area (Å²) in [7, 11) is 1.54. The van der Waals surface area contributed by atoms with Crippen molar-refractivity contribution in [3.63, 3.8) is 0 Å². The fraction of sp³-hybridized carbons (Fsp3) is 0.321. The molecule has 1 saturated heterocycles. The SMILES string of the molecule is C=CCc1cc(/C=C2\C(=O)NC(=O)N(C3CCCC3)C2=O)cc(OC)c1OCc1ccc(C)cc1. The lowest BCUT2D eigenvalue weighted by Gasteiger charge is -2.31. The maximum atomic E-state index is 13.2. The van der Waals surface area contributed by atoms with E-state index in [1.165, 1.54) is 16.5 Å². The fourth-order valence-electron chi connectivity index (χ4n) is 4.56. The van der Waals surface area contributed by atoms with Crippen LogP contribution >= 0.6 is 0 Å². The van der Waals surface area contributed by atoms with Crippen molar-refractivity contribution in [3.05, 3.63) is 76.9 Å².